The van der Waals surface area contributed by atoms with Crippen molar-refractivity contribution in [3.05, 3.63) is 64.0 Å². The first kappa shape index (κ1) is 17.9. The maximum Gasteiger partial charge on any atom is 0.348 e. The Morgan fingerprint density at radius 2 is 1.77 bits per heavy atom. The number of carbonyl (C=O) groups is 1. The van der Waals surface area contributed by atoms with Crippen molar-refractivity contribution in [2.24, 2.45) is 0 Å². The lowest BCUT2D eigenvalue weighted by atomic mass is 10.2. The monoisotopic (exact) mass is 352 g/mol. The van der Waals surface area contributed by atoms with Gasteiger partial charge in [-0.05, 0) is 44.4 Å². The molecule has 2 heterocycles. The van der Waals surface area contributed by atoms with Gasteiger partial charge in [0, 0.05) is 48.7 Å². The summed E-state index contributed by atoms with van der Waals surface area (Å²) in [5.74, 6) is -0.0204. The molecule has 1 N–H and O–H groups in total. The van der Waals surface area contributed by atoms with Crippen LogP contribution in [0, 0.1) is 20.8 Å². The summed E-state index contributed by atoms with van der Waals surface area (Å²) >= 11 is 0. The second-order valence-corrected chi connectivity index (χ2v) is 6.57. The van der Waals surface area contributed by atoms with Crippen LogP contribution >= 0.6 is 0 Å². The van der Waals surface area contributed by atoms with Gasteiger partial charge in [-0.1, -0.05) is 18.2 Å². The molecule has 0 fully saturated rings. The molecule has 0 aliphatic heterocycles. The Morgan fingerprint density at radius 3 is 2.54 bits per heavy atom. The third-order valence-electron chi connectivity index (χ3n) is 4.58. The van der Waals surface area contributed by atoms with E-state index in [9.17, 15) is 9.59 Å². The van der Waals surface area contributed by atoms with Crippen LogP contribution in [0.25, 0.3) is 10.9 Å². The van der Waals surface area contributed by atoms with Gasteiger partial charge < -0.3 is 9.88 Å². The van der Waals surface area contributed by atoms with E-state index in [0.29, 0.717) is 31.7 Å². The minimum Gasteiger partial charge on any atom is -0.354 e. The summed E-state index contributed by atoms with van der Waals surface area (Å²) in [6.45, 7) is 7.20. The normalized spacial score (nSPS) is 11.0. The van der Waals surface area contributed by atoms with Crippen LogP contribution in [-0.4, -0.2) is 26.6 Å². The molecule has 0 saturated heterocycles. The van der Waals surface area contributed by atoms with Crippen molar-refractivity contribution in [1.29, 1.82) is 0 Å². The Kier molecular flexibility index (Phi) is 5.21. The number of hydrogen-bond donors (Lipinski definition) is 1. The van der Waals surface area contributed by atoms with E-state index < -0.39 is 0 Å². The quantitative estimate of drug-likeness (QED) is 0.740. The fraction of sp³-hybridized carbons (Fsp3) is 0.350. The molecule has 0 spiro atoms. The minimum absolute atomic E-state index is 0.0204. The number of aryl methyl sites for hydroxylation is 4. The van der Waals surface area contributed by atoms with E-state index in [1.807, 2.05) is 25.1 Å². The number of fused-ring (bicyclic) bond motifs is 1. The number of para-hydroxylation sites is 1. The lowest BCUT2D eigenvalue weighted by Gasteiger charge is -2.11. The topological polar surface area (TPSA) is 68.9 Å². The molecule has 1 amide bonds. The number of nitrogens with zero attached hydrogens (tertiary/aromatic N) is 3. The molecular formula is C20H24N4O2. The third kappa shape index (κ3) is 3.85. The number of nitrogens with one attached hydrogen (secondary N) is 1. The van der Waals surface area contributed by atoms with Crippen LogP contribution in [0.2, 0.25) is 0 Å². The van der Waals surface area contributed by atoms with Gasteiger partial charge in [-0.15, -0.1) is 0 Å². The summed E-state index contributed by atoms with van der Waals surface area (Å²) in [5, 5.41) is 4.08. The van der Waals surface area contributed by atoms with E-state index >= 15 is 0 Å². The van der Waals surface area contributed by atoms with Gasteiger partial charge in [0.15, 0.2) is 0 Å². The number of rotatable bonds is 6. The molecule has 136 valence electrons. The van der Waals surface area contributed by atoms with Gasteiger partial charge in [-0.2, -0.15) is 4.98 Å². The first-order valence-electron chi connectivity index (χ1n) is 8.82. The Balaban J connectivity index is 1.55. The molecule has 26 heavy (non-hydrogen) atoms. The SMILES string of the molecule is Cc1cc(C)n(CCNC(=O)CCn2c(C)cc3ccccc32)c(=O)n1. The zero-order valence-electron chi connectivity index (χ0n) is 15.5. The predicted molar refractivity (Wildman–Crippen MR) is 102 cm³/mol. The summed E-state index contributed by atoms with van der Waals surface area (Å²) < 4.78 is 3.74. The van der Waals surface area contributed by atoms with Crippen molar-refractivity contribution >= 4 is 16.8 Å². The molecule has 0 saturated carbocycles. The van der Waals surface area contributed by atoms with Gasteiger partial charge in [-0.3, -0.25) is 9.36 Å². The molecule has 6 nitrogen and oxygen atoms in total. The second kappa shape index (κ2) is 7.56. The highest BCUT2D eigenvalue weighted by Crippen LogP contribution is 2.19. The summed E-state index contributed by atoms with van der Waals surface area (Å²) in [6.07, 6.45) is 0.402. The molecule has 0 aliphatic carbocycles. The van der Waals surface area contributed by atoms with Crippen molar-refractivity contribution in [2.45, 2.75) is 40.3 Å². The Morgan fingerprint density at radius 1 is 1.04 bits per heavy atom. The average Bonchev–Trinajstić information content (AvgIpc) is 2.90. The molecule has 0 unspecified atom stereocenters. The summed E-state index contributed by atoms with van der Waals surface area (Å²) in [6, 6.07) is 12.2. The number of hydrogen-bond acceptors (Lipinski definition) is 3. The maximum atomic E-state index is 12.2. The van der Waals surface area contributed by atoms with E-state index in [2.05, 4.69) is 40.0 Å². The van der Waals surface area contributed by atoms with Crippen LogP contribution in [0.3, 0.4) is 0 Å². The Hall–Kier alpha value is -2.89. The molecule has 0 bridgehead atoms. The van der Waals surface area contributed by atoms with E-state index in [4.69, 9.17) is 0 Å². The lowest BCUT2D eigenvalue weighted by Crippen LogP contribution is -2.33. The van der Waals surface area contributed by atoms with Crippen molar-refractivity contribution in [3.8, 4) is 0 Å². The van der Waals surface area contributed by atoms with E-state index in [1.165, 1.54) is 5.39 Å². The van der Waals surface area contributed by atoms with E-state index in [-0.39, 0.29) is 11.6 Å². The van der Waals surface area contributed by atoms with Crippen molar-refractivity contribution in [3.63, 3.8) is 0 Å². The molecule has 0 aliphatic rings. The van der Waals surface area contributed by atoms with Crippen molar-refractivity contribution in [2.75, 3.05) is 6.54 Å². The second-order valence-electron chi connectivity index (χ2n) is 6.57. The van der Waals surface area contributed by atoms with Gasteiger partial charge in [0.05, 0.1) is 0 Å². The molecule has 3 aromatic rings. The van der Waals surface area contributed by atoms with Crippen LogP contribution in [-0.2, 0) is 17.9 Å². The zero-order chi connectivity index (χ0) is 18.7. The summed E-state index contributed by atoms with van der Waals surface area (Å²) in [7, 11) is 0. The summed E-state index contributed by atoms with van der Waals surface area (Å²) in [4.78, 5) is 28.0. The largest absolute Gasteiger partial charge is 0.354 e. The average molecular weight is 352 g/mol. The van der Waals surface area contributed by atoms with E-state index in [1.54, 1.807) is 11.5 Å². The highest BCUT2D eigenvalue weighted by molar-refractivity contribution is 5.81. The molecule has 0 radical (unpaired) electrons. The van der Waals surface area contributed by atoms with Crippen molar-refractivity contribution < 1.29 is 4.79 Å². The number of carbonyl (C=O) groups excluding carboxylic acids is 1. The predicted octanol–water partition coefficient (Wildman–Crippen LogP) is 2.33. The number of aromatic nitrogens is 3. The fourth-order valence-electron chi connectivity index (χ4n) is 3.30. The van der Waals surface area contributed by atoms with Crippen LogP contribution in [0.15, 0.2) is 41.2 Å². The maximum absolute atomic E-state index is 12.2. The molecule has 6 heteroatoms. The Bertz CT molecular complexity index is 1000. The smallest absolute Gasteiger partial charge is 0.348 e. The Labute approximate surface area is 152 Å². The van der Waals surface area contributed by atoms with Crippen LogP contribution in [0.1, 0.15) is 23.5 Å². The molecule has 0 atom stereocenters. The fourth-order valence-corrected chi connectivity index (χ4v) is 3.30. The highest BCUT2D eigenvalue weighted by atomic mass is 16.2. The van der Waals surface area contributed by atoms with Gasteiger partial charge >= 0.3 is 5.69 Å². The minimum atomic E-state index is -0.272. The molecule has 3 rings (SSSR count). The van der Waals surface area contributed by atoms with Gasteiger partial charge in [0.25, 0.3) is 0 Å². The van der Waals surface area contributed by atoms with E-state index in [0.717, 1.165) is 16.9 Å². The van der Waals surface area contributed by atoms with Crippen LogP contribution < -0.4 is 11.0 Å². The first-order chi connectivity index (χ1) is 12.5. The molecule has 1 aromatic carbocycles. The van der Waals surface area contributed by atoms with Gasteiger partial charge in [0.2, 0.25) is 5.91 Å². The lowest BCUT2D eigenvalue weighted by molar-refractivity contribution is -0.121. The molecular weight excluding hydrogens is 328 g/mol. The number of amides is 1. The van der Waals surface area contributed by atoms with Crippen LogP contribution in [0.4, 0.5) is 0 Å². The van der Waals surface area contributed by atoms with Gasteiger partial charge in [-0.25, -0.2) is 4.79 Å². The van der Waals surface area contributed by atoms with Crippen molar-refractivity contribution in [1.82, 2.24) is 19.4 Å². The highest BCUT2D eigenvalue weighted by Gasteiger charge is 2.08. The first-order valence-corrected chi connectivity index (χ1v) is 8.82. The standard InChI is InChI=1S/C20H24N4O2/c1-14-12-15(2)24(20(26)22-14)11-9-21-19(25)8-10-23-16(3)13-17-6-4-5-7-18(17)23/h4-7,12-13H,8-11H2,1-3H3,(H,21,25). The number of benzene rings is 1. The van der Waals surface area contributed by atoms with Crippen LogP contribution in [0.5, 0.6) is 0 Å². The molecule has 2 aromatic heterocycles. The van der Waals surface area contributed by atoms with Gasteiger partial charge in [0.1, 0.15) is 0 Å². The summed E-state index contributed by atoms with van der Waals surface area (Å²) in [5.41, 5.74) is 3.58. The zero-order valence-corrected chi connectivity index (χ0v) is 15.5. The third-order valence-corrected chi connectivity index (χ3v) is 4.58.